The topological polar surface area (TPSA) is 54.4 Å². The average molecular weight is 298 g/mol. The molecule has 0 fully saturated rings. The second kappa shape index (κ2) is 18.5. The maximum Gasteiger partial charge on any atom is 0.313 e. The van der Waals surface area contributed by atoms with E-state index in [1.807, 2.05) is 0 Å². The molecule has 0 saturated carbocycles. The Morgan fingerprint density at radius 1 is 0.947 bits per heavy atom. The molecule has 0 saturated heterocycles. The normalized spacial score (nSPS) is 9.68. The van der Waals surface area contributed by atoms with Gasteiger partial charge in [0.2, 0.25) is 0 Å². The largest absolute Gasteiger partial charge is 0.481 e. The van der Waals surface area contributed by atoms with Crippen molar-refractivity contribution in [2.75, 3.05) is 5.75 Å². The monoisotopic (exact) mass is 298 g/mol. The summed E-state index contributed by atoms with van der Waals surface area (Å²) >= 11 is 4.17. The quantitative estimate of drug-likeness (QED) is 0.348. The summed E-state index contributed by atoms with van der Waals surface area (Å²) < 4.78 is 0.480. The van der Waals surface area contributed by atoms with Crippen LogP contribution in [0.15, 0.2) is 0 Å². The standard InChI is InChI=1S/C12H23O.C2H4O2S.Na/c1-2-3-4-5-6-7-8-9-10-11-12-13;3-2(4)1-5;/h2-11H2,1H3;5H,1H2,(H,3,4);. The van der Waals surface area contributed by atoms with E-state index >= 15 is 0 Å². The van der Waals surface area contributed by atoms with E-state index in [9.17, 15) is 9.59 Å². The van der Waals surface area contributed by atoms with Crippen molar-refractivity contribution in [1.29, 1.82) is 0 Å². The van der Waals surface area contributed by atoms with Gasteiger partial charge < -0.3 is 5.11 Å². The van der Waals surface area contributed by atoms with Gasteiger partial charge in [-0.25, -0.2) is 0 Å². The zero-order chi connectivity index (χ0) is 14.9. The number of unbranched alkanes of at least 4 members (excludes halogenated alkanes) is 8. The molecule has 0 aromatic carbocycles. The van der Waals surface area contributed by atoms with Gasteiger partial charge in [-0.1, -0.05) is 0 Å². The van der Waals surface area contributed by atoms with Crippen LogP contribution in [0.1, 0.15) is 71.1 Å². The molecule has 3 nitrogen and oxygen atoms in total. The SMILES string of the molecule is CCCCCCCCCCC[C](=O)[Na].O=C(O)CS. The van der Waals surface area contributed by atoms with Gasteiger partial charge in [0.15, 0.2) is 0 Å². The van der Waals surface area contributed by atoms with Crippen LogP contribution < -0.4 is 0 Å². The fourth-order valence-electron chi connectivity index (χ4n) is 1.68. The van der Waals surface area contributed by atoms with Gasteiger partial charge in [0, 0.05) is 0 Å². The molecule has 0 aromatic rings. The number of carboxylic acids is 1. The van der Waals surface area contributed by atoms with Gasteiger partial charge in [0.1, 0.15) is 0 Å². The van der Waals surface area contributed by atoms with Crippen LogP contribution in [0.2, 0.25) is 0 Å². The third kappa shape index (κ3) is 27.6. The number of hydrogen-bond donors (Lipinski definition) is 2. The number of carbonyl (C=O) groups excluding carboxylic acids is 1. The Hall–Kier alpha value is 0.490. The Kier molecular flexibility index (Phi) is 21.2. The molecular weight excluding hydrogens is 271 g/mol. The second-order valence-corrected chi connectivity index (χ2v) is 6.26. The molecule has 108 valence electrons. The maximum absolute atomic E-state index is 10.7. The molecule has 0 aliphatic carbocycles. The van der Waals surface area contributed by atoms with Crippen LogP contribution in [0.25, 0.3) is 0 Å². The van der Waals surface area contributed by atoms with Crippen LogP contribution in [-0.2, 0) is 9.59 Å². The van der Waals surface area contributed by atoms with Gasteiger partial charge in [0.25, 0.3) is 0 Å². The molecule has 0 heterocycles. The minimum Gasteiger partial charge on any atom is -0.481 e. The summed E-state index contributed by atoms with van der Waals surface area (Å²) in [5, 5.41) is 7.65. The Balaban J connectivity index is 0. The summed E-state index contributed by atoms with van der Waals surface area (Å²) in [6.45, 7) is 2.26. The first-order valence-corrected chi connectivity index (χ1v) is 8.99. The molecule has 0 amide bonds. The number of aliphatic carboxylic acids is 1. The van der Waals surface area contributed by atoms with Crippen LogP contribution in [-0.4, -0.2) is 47.8 Å². The molecule has 0 aromatic heterocycles. The second-order valence-electron chi connectivity index (χ2n) is 4.83. The van der Waals surface area contributed by atoms with E-state index in [-0.39, 0.29) is 5.75 Å². The molecule has 0 radical (unpaired) electrons. The summed E-state index contributed by atoms with van der Waals surface area (Å²) in [6, 6.07) is 0. The van der Waals surface area contributed by atoms with Gasteiger partial charge in [-0.3, -0.25) is 4.79 Å². The first-order valence-electron chi connectivity index (χ1n) is 7.36. The zero-order valence-corrected chi connectivity index (χ0v) is 15.4. The minimum atomic E-state index is -0.881. The van der Waals surface area contributed by atoms with Gasteiger partial charge >= 0.3 is 113 Å². The van der Waals surface area contributed by atoms with Gasteiger partial charge in [-0.2, -0.15) is 12.6 Å². The summed E-state index contributed by atoms with van der Waals surface area (Å²) in [6.07, 6.45) is 12.9. The van der Waals surface area contributed by atoms with E-state index < -0.39 is 5.97 Å². The number of carbonyl (C=O) groups is 2. The van der Waals surface area contributed by atoms with Gasteiger partial charge in [-0.15, -0.1) is 0 Å². The molecule has 5 heteroatoms. The minimum absolute atomic E-state index is 0.0833. The summed E-state index contributed by atoms with van der Waals surface area (Å²) in [5.41, 5.74) is 0. The number of thiol groups is 1. The maximum atomic E-state index is 10.7. The molecule has 1 N–H and O–H groups in total. The van der Waals surface area contributed by atoms with Crippen molar-refractivity contribution in [2.45, 2.75) is 71.1 Å². The van der Waals surface area contributed by atoms with Crippen LogP contribution in [0, 0.1) is 0 Å². The molecule has 0 bridgehead atoms. The number of rotatable bonds is 11. The van der Waals surface area contributed by atoms with Crippen LogP contribution in [0.4, 0.5) is 0 Å². The Labute approximate surface area is 140 Å². The third-order valence-corrected chi connectivity index (χ3v) is 3.54. The predicted octanol–water partition coefficient (Wildman–Crippen LogP) is 3.60. The first-order chi connectivity index (χ1) is 9.04. The van der Waals surface area contributed by atoms with Crippen molar-refractivity contribution < 1.29 is 14.7 Å². The van der Waals surface area contributed by atoms with E-state index in [1.54, 1.807) is 0 Å². The van der Waals surface area contributed by atoms with Crippen LogP contribution >= 0.6 is 12.6 Å². The zero-order valence-electron chi connectivity index (χ0n) is 12.5. The summed E-state index contributed by atoms with van der Waals surface area (Å²) in [4.78, 5) is 20.0. The van der Waals surface area contributed by atoms with Crippen molar-refractivity contribution in [3.05, 3.63) is 0 Å². The van der Waals surface area contributed by atoms with E-state index in [2.05, 4.69) is 19.6 Å². The first kappa shape index (κ1) is 21.8. The summed E-state index contributed by atoms with van der Waals surface area (Å²) in [7, 11) is 0. The third-order valence-electron chi connectivity index (χ3n) is 2.77. The molecule has 0 aliphatic rings. The van der Waals surface area contributed by atoms with E-state index in [0.717, 1.165) is 40.8 Å². The number of carboxylic acid groups (broad SMARTS) is 1. The van der Waals surface area contributed by atoms with Crippen LogP contribution in [0.3, 0.4) is 0 Å². The molecule has 0 unspecified atom stereocenters. The van der Waals surface area contributed by atoms with Gasteiger partial charge in [-0.05, 0) is 0 Å². The van der Waals surface area contributed by atoms with Crippen molar-refractivity contribution in [1.82, 2.24) is 0 Å². The molecule has 19 heavy (non-hydrogen) atoms. The van der Waals surface area contributed by atoms with Crippen molar-refractivity contribution in [3.8, 4) is 0 Å². The molecule has 0 aliphatic heterocycles. The molecule has 0 atom stereocenters. The number of hydrogen-bond acceptors (Lipinski definition) is 3. The molecule has 0 rings (SSSR count). The smallest absolute Gasteiger partial charge is 0.313 e. The van der Waals surface area contributed by atoms with E-state index in [1.165, 1.54) is 51.4 Å². The molecule has 0 spiro atoms. The fourth-order valence-corrected chi connectivity index (χ4v) is 2.04. The van der Waals surface area contributed by atoms with E-state index in [0.29, 0.717) is 3.03 Å². The predicted molar refractivity (Wildman–Crippen MR) is 84.1 cm³/mol. The average Bonchev–Trinajstić information content (AvgIpc) is 2.37. The van der Waals surface area contributed by atoms with E-state index in [4.69, 9.17) is 5.11 Å². The van der Waals surface area contributed by atoms with Crippen LogP contribution in [0.5, 0.6) is 0 Å². The Morgan fingerprint density at radius 3 is 1.63 bits per heavy atom. The van der Waals surface area contributed by atoms with Crippen molar-refractivity contribution >= 4 is 49.6 Å². The molecular formula is C14H27NaO3S. The summed E-state index contributed by atoms with van der Waals surface area (Å²) in [5.74, 6) is -0.965. The van der Waals surface area contributed by atoms with Crippen molar-refractivity contribution in [3.63, 3.8) is 0 Å². The van der Waals surface area contributed by atoms with Crippen molar-refractivity contribution in [2.24, 2.45) is 0 Å². The fraction of sp³-hybridized carbons (Fsp3) is 0.857. The Morgan fingerprint density at radius 2 is 1.32 bits per heavy atom. The van der Waals surface area contributed by atoms with Gasteiger partial charge in [0.05, 0.1) is 5.75 Å². The Bertz CT molecular complexity index is 223.